The Morgan fingerprint density at radius 2 is 1.90 bits per heavy atom. The highest BCUT2D eigenvalue weighted by Gasteiger charge is 2.42. The van der Waals surface area contributed by atoms with Gasteiger partial charge in [-0.2, -0.15) is 0 Å². The van der Waals surface area contributed by atoms with Crippen molar-refractivity contribution in [2.45, 2.75) is 39.3 Å². The molecule has 0 aromatic heterocycles. The van der Waals surface area contributed by atoms with E-state index >= 15 is 0 Å². The van der Waals surface area contributed by atoms with Crippen molar-refractivity contribution >= 4 is 5.97 Å². The van der Waals surface area contributed by atoms with E-state index in [-0.39, 0.29) is 5.97 Å². The topological polar surface area (TPSA) is 41.6 Å². The van der Waals surface area contributed by atoms with Crippen molar-refractivity contribution in [1.82, 2.24) is 10.2 Å². The molecule has 1 N–H and O–H groups in total. The van der Waals surface area contributed by atoms with Crippen LogP contribution in [0.25, 0.3) is 0 Å². The van der Waals surface area contributed by atoms with Gasteiger partial charge in [0.2, 0.25) is 0 Å². The molecule has 0 spiro atoms. The molecule has 1 atom stereocenters. The summed E-state index contributed by atoms with van der Waals surface area (Å²) >= 11 is 0. The number of rotatable bonds is 8. The molecule has 4 heteroatoms. The second-order valence-corrected chi connectivity index (χ2v) is 5.45. The SMILES string of the molecule is CCNC(CN(CC)C(C)C)(C(=O)OC)c1ccccc1. The molecule has 0 saturated heterocycles. The minimum atomic E-state index is -0.828. The molecule has 0 radical (unpaired) electrons. The molecule has 0 aliphatic heterocycles. The smallest absolute Gasteiger partial charge is 0.332 e. The van der Waals surface area contributed by atoms with E-state index in [1.54, 1.807) is 0 Å². The fraction of sp³-hybridized carbons (Fsp3) is 0.588. The van der Waals surface area contributed by atoms with Crippen molar-refractivity contribution in [2.24, 2.45) is 0 Å². The van der Waals surface area contributed by atoms with Crippen molar-refractivity contribution < 1.29 is 9.53 Å². The first kappa shape index (κ1) is 17.7. The number of ether oxygens (including phenoxy) is 1. The summed E-state index contributed by atoms with van der Waals surface area (Å²) in [7, 11) is 1.45. The molecule has 0 amide bonds. The number of methoxy groups -OCH3 is 1. The van der Waals surface area contributed by atoms with Crippen molar-refractivity contribution in [3.63, 3.8) is 0 Å². The van der Waals surface area contributed by atoms with Gasteiger partial charge in [0.25, 0.3) is 0 Å². The summed E-state index contributed by atoms with van der Waals surface area (Å²) in [5.74, 6) is -0.241. The number of benzene rings is 1. The Balaban J connectivity index is 3.28. The first-order chi connectivity index (χ1) is 10.0. The van der Waals surface area contributed by atoms with E-state index in [9.17, 15) is 4.79 Å². The van der Waals surface area contributed by atoms with Crippen LogP contribution in [0.4, 0.5) is 0 Å². The number of esters is 1. The molecule has 21 heavy (non-hydrogen) atoms. The minimum Gasteiger partial charge on any atom is -0.467 e. The lowest BCUT2D eigenvalue weighted by molar-refractivity contribution is -0.150. The van der Waals surface area contributed by atoms with E-state index in [1.807, 2.05) is 37.3 Å². The third-order valence-corrected chi connectivity index (χ3v) is 3.86. The molecular formula is C17H28N2O2. The van der Waals surface area contributed by atoms with Gasteiger partial charge in [0, 0.05) is 12.6 Å². The van der Waals surface area contributed by atoms with Crippen LogP contribution in [0.5, 0.6) is 0 Å². The van der Waals surface area contributed by atoms with Crippen molar-refractivity contribution in [3.05, 3.63) is 35.9 Å². The average Bonchev–Trinajstić information content (AvgIpc) is 2.51. The minimum absolute atomic E-state index is 0.241. The molecule has 0 aliphatic rings. The van der Waals surface area contributed by atoms with E-state index in [2.05, 4.69) is 31.0 Å². The van der Waals surface area contributed by atoms with Crippen molar-refractivity contribution in [3.8, 4) is 0 Å². The molecule has 118 valence electrons. The van der Waals surface area contributed by atoms with Gasteiger partial charge in [-0.1, -0.05) is 44.2 Å². The summed E-state index contributed by atoms with van der Waals surface area (Å²) < 4.78 is 5.12. The molecule has 1 unspecified atom stereocenters. The number of nitrogens with one attached hydrogen (secondary N) is 1. The summed E-state index contributed by atoms with van der Waals surface area (Å²) in [6.45, 7) is 10.6. The molecule has 0 fully saturated rings. The van der Waals surface area contributed by atoms with Crippen LogP contribution in [0.1, 0.15) is 33.3 Å². The van der Waals surface area contributed by atoms with Gasteiger partial charge in [0.1, 0.15) is 0 Å². The van der Waals surface area contributed by atoms with Gasteiger partial charge in [0.15, 0.2) is 5.54 Å². The Hall–Kier alpha value is -1.39. The Morgan fingerprint density at radius 3 is 2.33 bits per heavy atom. The van der Waals surface area contributed by atoms with Gasteiger partial charge in [-0.05, 0) is 32.5 Å². The first-order valence-electron chi connectivity index (χ1n) is 7.64. The van der Waals surface area contributed by atoms with Crippen LogP contribution < -0.4 is 5.32 Å². The molecule has 0 bridgehead atoms. The van der Waals surface area contributed by atoms with E-state index in [0.717, 1.165) is 12.1 Å². The quantitative estimate of drug-likeness (QED) is 0.747. The Kier molecular flexibility index (Phi) is 6.85. The second-order valence-electron chi connectivity index (χ2n) is 5.45. The largest absolute Gasteiger partial charge is 0.467 e. The molecule has 1 aromatic carbocycles. The van der Waals surface area contributed by atoms with Crippen LogP contribution >= 0.6 is 0 Å². The number of carbonyl (C=O) groups is 1. The maximum atomic E-state index is 12.6. The Labute approximate surface area is 128 Å². The predicted molar refractivity (Wildman–Crippen MR) is 86.2 cm³/mol. The molecule has 4 nitrogen and oxygen atoms in total. The van der Waals surface area contributed by atoms with Crippen LogP contribution in [0.2, 0.25) is 0 Å². The summed E-state index contributed by atoms with van der Waals surface area (Å²) in [6.07, 6.45) is 0. The number of hydrogen-bond acceptors (Lipinski definition) is 4. The molecular weight excluding hydrogens is 264 g/mol. The number of hydrogen-bond donors (Lipinski definition) is 1. The van der Waals surface area contributed by atoms with Gasteiger partial charge >= 0.3 is 5.97 Å². The second kappa shape index (κ2) is 8.15. The third kappa shape index (κ3) is 4.05. The lowest BCUT2D eigenvalue weighted by Crippen LogP contribution is -2.57. The predicted octanol–water partition coefficient (Wildman–Crippen LogP) is 2.39. The van der Waals surface area contributed by atoms with Crippen molar-refractivity contribution in [2.75, 3.05) is 26.7 Å². The standard InChI is InChI=1S/C17H28N2O2/c1-6-18-17(16(20)21-5,13-19(7-2)14(3)4)15-11-9-8-10-12-15/h8-12,14,18H,6-7,13H2,1-5H3. The third-order valence-electron chi connectivity index (χ3n) is 3.86. The summed E-state index contributed by atoms with van der Waals surface area (Å²) in [4.78, 5) is 14.9. The normalized spacial score (nSPS) is 14.2. The molecule has 1 aromatic rings. The van der Waals surface area contributed by atoms with Crippen molar-refractivity contribution in [1.29, 1.82) is 0 Å². The van der Waals surface area contributed by atoms with Crippen LogP contribution in [0.3, 0.4) is 0 Å². The lowest BCUT2D eigenvalue weighted by atomic mass is 9.88. The van der Waals surface area contributed by atoms with Gasteiger partial charge in [-0.15, -0.1) is 0 Å². The lowest BCUT2D eigenvalue weighted by Gasteiger charge is -2.38. The highest BCUT2D eigenvalue weighted by Crippen LogP contribution is 2.25. The zero-order valence-corrected chi connectivity index (χ0v) is 13.8. The summed E-state index contributed by atoms with van der Waals surface area (Å²) in [6, 6.07) is 10.2. The molecule has 0 saturated carbocycles. The fourth-order valence-corrected chi connectivity index (χ4v) is 2.67. The molecule has 1 rings (SSSR count). The first-order valence-corrected chi connectivity index (χ1v) is 7.64. The average molecular weight is 292 g/mol. The zero-order valence-electron chi connectivity index (χ0n) is 13.8. The maximum absolute atomic E-state index is 12.6. The summed E-state index contributed by atoms with van der Waals surface area (Å²) in [5.41, 5.74) is 0.114. The van der Waals surface area contributed by atoms with E-state index < -0.39 is 5.54 Å². The maximum Gasteiger partial charge on any atom is 0.332 e. The highest BCUT2D eigenvalue weighted by molar-refractivity contribution is 5.83. The summed E-state index contributed by atoms with van der Waals surface area (Å²) in [5, 5.41) is 3.37. The van der Waals surface area contributed by atoms with Gasteiger partial charge in [0.05, 0.1) is 7.11 Å². The van der Waals surface area contributed by atoms with E-state index in [0.29, 0.717) is 19.1 Å². The van der Waals surface area contributed by atoms with Crippen LogP contribution in [0, 0.1) is 0 Å². The van der Waals surface area contributed by atoms with E-state index in [1.165, 1.54) is 7.11 Å². The Morgan fingerprint density at radius 1 is 1.29 bits per heavy atom. The monoisotopic (exact) mass is 292 g/mol. The van der Waals surface area contributed by atoms with Crippen LogP contribution in [-0.4, -0.2) is 43.7 Å². The number of nitrogens with zero attached hydrogens (tertiary/aromatic N) is 1. The number of carbonyl (C=O) groups excluding carboxylic acids is 1. The molecule has 0 heterocycles. The Bertz CT molecular complexity index is 434. The van der Waals surface area contributed by atoms with Crippen LogP contribution in [-0.2, 0) is 15.1 Å². The zero-order chi connectivity index (χ0) is 15.9. The number of likely N-dealkylation sites (N-methyl/N-ethyl adjacent to an activating group) is 2. The highest BCUT2D eigenvalue weighted by atomic mass is 16.5. The fourth-order valence-electron chi connectivity index (χ4n) is 2.67. The van der Waals surface area contributed by atoms with Gasteiger partial charge in [-0.3, -0.25) is 10.2 Å². The van der Waals surface area contributed by atoms with E-state index in [4.69, 9.17) is 4.74 Å². The van der Waals surface area contributed by atoms with Gasteiger partial charge < -0.3 is 4.74 Å². The molecule has 0 aliphatic carbocycles. The van der Waals surface area contributed by atoms with Gasteiger partial charge in [-0.25, -0.2) is 4.79 Å². The van der Waals surface area contributed by atoms with Crippen LogP contribution in [0.15, 0.2) is 30.3 Å².